The molecule has 0 aromatic rings. The van der Waals surface area contributed by atoms with Gasteiger partial charge in [-0.05, 0) is 25.3 Å². The predicted molar refractivity (Wildman–Crippen MR) is 78.2 cm³/mol. The third-order valence-corrected chi connectivity index (χ3v) is 3.13. The van der Waals surface area contributed by atoms with Crippen molar-refractivity contribution < 1.29 is 5.11 Å². The number of unbranched alkanes of at least 4 members (excludes halogenated alkanes) is 3. The van der Waals surface area contributed by atoms with Gasteiger partial charge in [-0.1, -0.05) is 66.2 Å². The number of nitrogens with two attached hydrogens (primary N) is 1. The quantitative estimate of drug-likeness (QED) is 0.732. The van der Waals surface area contributed by atoms with Crippen molar-refractivity contribution in [2.75, 3.05) is 6.54 Å². The summed E-state index contributed by atoms with van der Waals surface area (Å²) in [4.78, 5) is 0. The summed E-state index contributed by atoms with van der Waals surface area (Å²) in [5.41, 5.74) is 5.43. The fourth-order valence-electron chi connectivity index (χ4n) is 1.96. The van der Waals surface area contributed by atoms with Crippen LogP contribution in [0.2, 0.25) is 0 Å². The summed E-state index contributed by atoms with van der Waals surface area (Å²) in [6.45, 7) is 9.12. The summed E-state index contributed by atoms with van der Waals surface area (Å²) < 4.78 is 0. The average Bonchev–Trinajstić information content (AvgIpc) is 2.40. The summed E-state index contributed by atoms with van der Waals surface area (Å²) in [5.74, 6) is 0.388. The molecule has 17 heavy (non-hydrogen) atoms. The Morgan fingerprint density at radius 2 is 1.47 bits per heavy atom. The number of hydrogen-bond donors (Lipinski definition) is 2. The van der Waals surface area contributed by atoms with Gasteiger partial charge in [0.05, 0.1) is 6.10 Å². The van der Waals surface area contributed by atoms with Gasteiger partial charge in [0.15, 0.2) is 0 Å². The highest BCUT2D eigenvalue weighted by Gasteiger charge is 2.20. The Morgan fingerprint density at radius 3 is 1.76 bits per heavy atom. The lowest BCUT2D eigenvalue weighted by molar-refractivity contribution is 0.0743. The molecule has 0 saturated heterocycles. The molecular formula is C15H35NO. The van der Waals surface area contributed by atoms with E-state index in [-0.39, 0.29) is 6.10 Å². The molecule has 0 heterocycles. The molecule has 1 rings (SSSR count). The fourth-order valence-corrected chi connectivity index (χ4v) is 1.96. The first kappa shape index (κ1) is 19.3. The van der Waals surface area contributed by atoms with Crippen molar-refractivity contribution in [1.29, 1.82) is 0 Å². The van der Waals surface area contributed by atoms with E-state index in [4.69, 9.17) is 5.73 Å². The fraction of sp³-hybridized carbons (Fsp3) is 1.00. The second-order valence-electron chi connectivity index (χ2n) is 4.55. The normalized spacial score (nSPS) is 22.9. The number of aliphatic hydroxyl groups is 1. The molecule has 0 spiro atoms. The van der Waals surface area contributed by atoms with Crippen LogP contribution < -0.4 is 5.73 Å². The van der Waals surface area contributed by atoms with Crippen LogP contribution in [-0.2, 0) is 0 Å². The van der Waals surface area contributed by atoms with Gasteiger partial charge in [0.1, 0.15) is 0 Å². The number of hydrogen-bond acceptors (Lipinski definition) is 2. The Hall–Kier alpha value is -0.0800. The Labute approximate surface area is 109 Å². The maximum atomic E-state index is 9.29. The molecule has 106 valence electrons. The highest BCUT2D eigenvalue weighted by atomic mass is 16.3. The molecule has 2 atom stereocenters. The van der Waals surface area contributed by atoms with Crippen LogP contribution in [0.15, 0.2) is 0 Å². The summed E-state index contributed by atoms with van der Waals surface area (Å²) in [7, 11) is 0. The second kappa shape index (κ2) is 15.9. The standard InChI is InChI=1S/C7H15NO.C6H14.C2H6/c8-5-6-3-1-2-4-7(6)9;1-3-5-6-4-2;1-2/h6-7,9H,1-5,8H2;3-6H2,1-2H3;1-2H3. The molecule has 1 aliphatic rings. The first-order valence-corrected chi connectivity index (χ1v) is 7.64. The van der Waals surface area contributed by atoms with E-state index in [9.17, 15) is 5.11 Å². The zero-order chi connectivity index (χ0) is 13.5. The van der Waals surface area contributed by atoms with Crippen molar-refractivity contribution in [2.45, 2.75) is 85.2 Å². The predicted octanol–water partition coefficient (Wildman–Crippen LogP) is 4.11. The van der Waals surface area contributed by atoms with Gasteiger partial charge < -0.3 is 10.8 Å². The van der Waals surface area contributed by atoms with Crippen LogP contribution in [0.4, 0.5) is 0 Å². The van der Waals surface area contributed by atoms with E-state index in [1.54, 1.807) is 0 Å². The van der Waals surface area contributed by atoms with Crippen LogP contribution in [0.25, 0.3) is 0 Å². The zero-order valence-corrected chi connectivity index (χ0v) is 12.5. The third-order valence-electron chi connectivity index (χ3n) is 3.13. The summed E-state index contributed by atoms with van der Waals surface area (Å²) in [5, 5.41) is 9.29. The van der Waals surface area contributed by atoms with Crippen LogP contribution in [-0.4, -0.2) is 17.8 Å². The molecule has 0 radical (unpaired) electrons. The molecule has 2 unspecified atom stereocenters. The van der Waals surface area contributed by atoms with E-state index in [0.29, 0.717) is 12.5 Å². The maximum absolute atomic E-state index is 9.29. The SMILES string of the molecule is CC.CCCCCC.NCC1CCCCC1O. The van der Waals surface area contributed by atoms with E-state index >= 15 is 0 Å². The van der Waals surface area contributed by atoms with E-state index in [1.165, 1.54) is 38.5 Å². The Kier molecular flexibility index (Phi) is 18.0. The van der Waals surface area contributed by atoms with Crippen molar-refractivity contribution in [3.63, 3.8) is 0 Å². The molecule has 0 bridgehead atoms. The van der Waals surface area contributed by atoms with Gasteiger partial charge in [0, 0.05) is 0 Å². The Balaban J connectivity index is 0. The summed E-state index contributed by atoms with van der Waals surface area (Å²) >= 11 is 0. The molecule has 0 aromatic heterocycles. The lowest BCUT2D eigenvalue weighted by Crippen LogP contribution is -2.30. The van der Waals surface area contributed by atoms with Crippen LogP contribution in [0, 0.1) is 5.92 Å². The number of rotatable bonds is 4. The molecule has 3 N–H and O–H groups in total. The molecule has 0 amide bonds. The second-order valence-corrected chi connectivity index (χ2v) is 4.55. The smallest absolute Gasteiger partial charge is 0.0580 e. The highest BCUT2D eigenvalue weighted by molar-refractivity contribution is 4.74. The Bertz CT molecular complexity index is 124. The van der Waals surface area contributed by atoms with Crippen LogP contribution >= 0.6 is 0 Å². The molecule has 2 nitrogen and oxygen atoms in total. The minimum Gasteiger partial charge on any atom is -0.393 e. The lowest BCUT2D eigenvalue weighted by atomic mass is 9.87. The van der Waals surface area contributed by atoms with Gasteiger partial charge in [0.2, 0.25) is 0 Å². The molecule has 2 heteroatoms. The molecule has 1 aliphatic carbocycles. The van der Waals surface area contributed by atoms with Crippen LogP contribution in [0.5, 0.6) is 0 Å². The van der Waals surface area contributed by atoms with Gasteiger partial charge in [-0.15, -0.1) is 0 Å². The van der Waals surface area contributed by atoms with Crippen molar-refractivity contribution in [1.82, 2.24) is 0 Å². The van der Waals surface area contributed by atoms with Gasteiger partial charge in [-0.2, -0.15) is 0 Å². The van der Waals surface area contributed by atoms with E-state index in [0.717, 1.165) is 12.8 Å². The van der Waals surface area contributed by atoms with Crippen molar-refractivity contribution in [3.8, 4) is 0 Å². The lowest BCUT2D eigenvalue weighted by Gasteiger charge is -2.25. The molecule has 1 saturated carbocycles. The van der Waals surface area contributed by atoms with Gasteiger partial charge in [-0.25, -0.2) is 0 Å². The van der Waals surface area contributed by atoms with Gasteiger partial charge >= 0.3 is 0 Å². The minimum atomic E-state index is -0.108. The van der Waals surface area contributed by atoms with Crippen molar-refractivity contribution in [2.24, 2.45) is 11.7 Å². The maximum Gasteiger partial charge on any atom is 0.0580 e. The first-order valence-electron chi connectivity index (χ1n) is 7.64. The zero-order valence-electron chi connectivity index (χ0n) is 12.5. The monoisotopic (exact) mass is 245 g/mol. The van der Waals surface area contributed by atoms with E-state index in [1.807, 2.05) is 13.8 Å². The highest BCUT2D eigenvalue weighted by Crippen LogP contribution is 2.22. The largest absolute Gasteiger partial charge is 0.393 e. The van der Waals surface area contributed by atoms with Crippen LogP contribution in [0.3, 0.4) is 0 Å². The van der Waals surface area contributed by atoms with Crippen LogP contribution in [0.1, 0.15) is 79.1 Å². The molecule has 0 aromatic carbocycles. The molecule has 0 aliphatic heterocycles. The van der Waals surface area contributed by atoms with Gasteiger partial charge in [0.25, 0.3) is 0 Å². The summed E-state index contributed by atoms with van der Waals surface area (Å²) in [6, 6.07) is 0. The first-order chi connectivity index (χ1) is 8.26. The molecule has 1 fully saturated rings. The topological polar surface area (TPSA) is 46.2 Å². The molecular weight excluding hydrogens is 210 g/mol. The van der Waals surface area contributed by atoms with E-state index < -0.39 is 0 Å². The Morgan fingerprint density at radius 1 is 1.00 bits per heavy atom. The average molecular weight is 245 g/mol. The minimum absolute atomic E-state index is 0.108. The van der Waals surface area contributed by atoms with Crippen molar-refractivity contribution in [3.05, 3.63) is 0 Å². The van der Waals surface area contributed by atoms with Gasteiger partial charge in [-0.3, -0.25) is 0 Å². The van der Waals surface area contributed by atoms with Crippen molar-refractivity contribution >= 4 is 0 Å². The van der Waals surface area contributed by atoms with E-state index in [2.05, 4.69) is 13.8 Å². The third kappa shape index (κ3) is 12.2. The summed E-state index contributed by atoms with van der Waals surface area (Å²) in [6.07, 6.45) is 9.94. The number of aliphatic hydroxyl groups excluding tert-OH is 1.